The van der Waals surface area contributed by atoms with Crippen molar-refractivity contribution in [2.24, 2.45) is 0 Å². The second-order valence-electron chi connectivity index (χ2n) is 7.68. The van der Waals surface area contributed by atoms with Crippen LogP contribution in [-0.4, -0.2) is 59.1 Å². The Balaban J connectivity index is 1.45. The first-order chi connectivity index (χ1) is 13.8. The predicted octanol–water partition coefficient (Wildman–Crippen LogP) is 2.45. The van der Waals surface area contributed by atoms with E-state index in [0.717, 1.165) is 55.3 Å². The molecule has 1 aromatic heterocycles. The molecule has 0 saturated carbocycles. The van der Waals surface area contributed by atoms with E-state index in [1.54, 1.807) is 0 Å². The number of carbonyl (C=O) groups excluding carboxylic acids is 2. The lowest BCUT2D eigenvalue weighted by Crippen LogP contribution is -2.54. The van der Waals surface area contributed by atoms with E-state index in [1.165, 1.54) is 0 Å². The Morgan fingerprint density at radius 2 is 1.86 bits per heavy atom. The van der Waals surface area contributed by atoms with Crippen molar-refractivity contribution in [2.45, 2.75) is 40.3 Å². The van der Waals surface area contributed by atoms with Crippen molar-refractivity contribution >= 4 is 17.6 Å². The van der Waals surface area contributed by atoms with Gasteiger partial charge in [0.1, 0.15) is 5.76 Å². The van der Waals surface area contributed by atoms with Crippen LogP contribution in [0.2, 0.25) is 0 Å². The zero-order chi connectivity index (χ0) is 21.0. The number of imide groups is 1. The average molecular weight is 399 g/mol. The number of aromatic nitrogens is 1. The smallest absolute Gasteiger partial charge is 0.325 e. The highest BCUT2D eigenvalue weighted by Crippen LogP contribution is 2.16. The lowest BCUT2D eigenvalue weighted by atomic mass is 10.1. The fraction of sp³-hybridized carbons (Fsp3) is 0.476. The largest absolute Gasteiger partial charge is 0.361 e. The molecule has 2 heterocycles. The van der Waals surface area contributed by atoms with Crippen LogP contribution in [0.15, 0.2) is 28.8 Å². The maximum absolute atomic E-state index is 12.5. The van der Waals surface area contributed by atoms with Crippen LogP contribution in [0.1, 0.15) is 29.5 Å². The van der Waals surface area contributed by atoms with Crippen molar-refractivity contribution in [3.05, 3.63) is 46.8 Å². The molecular formula is C21H29N5O3. The SMILES string of the molecule is Cc1ccc(NC(=O)NC(=O)C(C)N2CCN(Cc3cc(C)on3)CC2)c(C)c1. The number of piperazine rings is 1. The van der Waals surface area contributed by atoms with Gasteiger partial charge in [0, 0.05) is 44.5 Å². The standard InChI is InChI=1S/C21H29N5O3/c1-14-5-6-19(15(2)11-14)22-21(28)23-20(27)17(4)26-9-7-25(8-10-26)13-18-12-16(3)29-24-18/h5-6,11-12,17H,7-10,13H2,1-4H3,(H2,22,23,27,28). The molecule has 0 spiro atoms. The number of hydrogen-bond donors (Lipinski definition) is 2. The van der Waals surface area contributed by atoms with Crippen LogP contribution in [0.4, 0.5) is 10.5 Å². The number of nitrogens with one attached hydrogen (secondary N) is 2. The Bertz CT molecular complexity index is 871. The fourth-order valence-corrected chi connectivity index (χ4v) is 3.52. The molecule has 0 bridgehead atoms. The summed E-state index contributed by atoms with van der Waals surface area (Å²) >= 11 is 0. The number of aryl methyl sites for hydroxylation is 3. The van der Waals surface area contributed by atoms with E-state index in [2.05, 4.69) is 25.6 Å². The topological polar surface area (TPSA) is 90.7 Å². The number of nitrogens with zero attached hydrogens (tertiary/aromatic N) is 3. The summed E-state index contributed by atoms with van der Waals surface area (Å²) in [6.07, 6.45) is 0. The molecule has 0 aliphatic carbocycles. The van der Waals surface area contributed by atoms with Gasteiger partial charge < -0.3 is 9.84 Å². The highest BCUT2D eigenvalue weighted by atomic mass is 16.5. The summed E-state index contributed by atoms with van der Waals surface area (Å²) < 4.78 is 5.11. The Morgan fingerprint density at radius 1 is 1.14 bits per heavy atom. The molecule has 3 amide bonds. The highest BCUT2D eigenvalue weighted by Gasteiger charge is 2.27. The van der Waals surface area contributed by atoms with Crippen molar-refractivity contribution in [2.75, 3.05) is 31.5 Å². The Labute approximate surface area is 171 Å². The molecular weight excluding hydrogens is 370 g/mol. The van der Waals surface area contributed by atoms with Gasteiger partial charge in [0.15, 0.2) is 0 Å². The number of anilines is 1. The first-order valence-electron chi connectivity index (χ1n) is 9.89. The van der Waals surface area contributed by atoms with Crippen LogP contribution in [0.3, 0.4) is 0 Å². The van der Waals surface area contributed by atoms with Gasteiger partial charge in [-0.1, -0.05) is 22.9 Å². The van der Waals surface area contributed by atoms with E-state index in [4.69, 9.17) is 4.52 Å². The predicted molar refractivity (Wildman–Crippen MR) is 111 cm³/mol. The summed E-state index contributed by atoms with van der Waals surface area (Å²) in [4.78, 5) is 29.1. The maximum atomic E-state index is 12.5. The second-order valence-corrected chi connectivity index (χ2v) is 7.68. The first-order valence-corrected chi connectivity index (χ1v) is 9.89. The summed E-state index contributed by atoms with van der Waals surface area (Å²) in [5.74, 6) is 0.510. The minimum atomic E-state index is -0.506. The third kappa shape index (κ3) is 5.65. The first kappa shape index (κ1) is 21.0. The number of urea groups is 1. The average Bonchev–Trinajstić information content (AvgIpc) is 3.08. The number of benzene rings is 1. The van der Waals surface area contributed by atoms with E-state index in [0.29, 0.717) is 5.69 Å². The van der Waals surface area contributed by atoms with Crippen molar-refractivity contribution in [1.82, 2.24) is 20.3 Å². The molecule has 29 heavy (non-hydrogen) atoms. The second kappa shape index (κ2) is 9.19. The summed E-state index contributed by atoms with van der Waals surface area (Å²) in [5, 5.41) is 9.23. The minimum Gasteiger partial charge on any atom is -0.361 e. The number of carbonyl (C=O) groups is 2. The van der Waals surface area contributed by atoms with Crippen LogP contribution < -0.4 is 10.6 Å². The van der Waals surface area contributed by atoms with Gasteiger partial charge in [-0.25, -0.2) is 4.79 Å². The third-order valence-electron chi connectivity index (χ3n) is 5.26. The van der Waals surface area contributed by atoms with Crippen molar-refractivity contribution in [3.8, 4) is 0 Å². The van der Waals surface area contributed by atoms with Gasteiger partial charge in [-0.15, -0.1) is 0 Å². The molecule has 2 N–H and O–H groups in total. The van der Waals surface area contributed by atoms with Crippen LogP contribution in [0.5, 0.6) is 0 Å². The molecule has 8 heteroatoms. The summed E-state index contributed by atoms with van der Waals surface area (Å²) in [7, 11) is 0. The number of rotatable bonds is 5. The van der Waals surface area contributed by atoms with Crippen LogP contribution in [-0.2, 0) is 11.3 Å². The van der Waals surface area contributed by atoms with Gasteiger partial charge in [-0.2, -0.15) is 0 Å². The summed E-state index contributed by atoms with van der Waals surface area (Å²) in [5.41, 5.74) is 3.70. The van der Waals surface area contributed by atoms with E-state index >= 15 is 0 Å². The third-order valence-corrected chi connectivity index (χ3v) is 5.26. The molecule has 1 aliphatic rings. The fourth-order valence-electron chi connectivity index (χ4n) is 3.52. The van der Waals surface area contributed by atoms with E-state index in [-0.39, 0.29) is 11.9 Å². The van der Waals surface area contributed by atoms with E-state index < -0.39 is 6.03 Å². The van der Waals surface area contributed by atoms with Gasteiger partial charge in [0.2, 0.25) is 5.91 Å². The number of amides is 3. The lowest BCUT2D eigenvalue weighted by molar-refractivity contribution is -0.125. The van der Waals surface area contributed by atoms with Gasteiger partial charge in [-0.05, 0) is 39.3 Å². The lowest BCUT2D eigenvalue weighted by Gasteiger charge is -2.36. The minimum absolute atomic E-state index is 0.298. The van der Waals surface area contributed by atoms with Crippen LogP contribution >= 0.6 is 0 Å². The highest BCUT2D eigenvalue weighted by molar-refractivity contribution is 6.03. The molecule has 2 aromatic rings. The molecule has 8 nitrogen and oxygen atoms in total. The zero-order valence-electron chi connectivity index (χ0n) is 17.5. The molecule has 1 unspecified atom stereocenters. The van der Waals surface area contributed by atoms with Crippen LogP contribution in [0, 0.1) is 20.8 Å². The molecule has 1 saturated heterocycles. The molecule has 0 radical (unpaired) electrons. The molecule has 1 aliphatic heterocycles. The molecule has 3 rings (SSSR count). The van der Waals surface area contributed by atoms with Crippen molar-refractivity contribution in [1.29, 1.82) is 0 Å². The Morgan fingerprint density at radius 3 is 2.48 bits per heavy atom. The normalized spacial score (nSPS) is 16.4. The van der Waals surface area contributed by atoms with Crippen molar-refractivity contribution < 1.29 is 14.1 Å². The van der Waals surface area contributed by atoms with E-state index in [9.17, 15) is 9.59 Å². The monoisotopic (exact) mass is 399 g/mol. The van der Waals surface area contributed by atoms with Crippen molar-refractivity contribution in [3.63, 3.8) is 0 Å². The summed E-state index contributed by atoms with van der Waals surface area (Å²) in [6.45, 7) is 11.5. The maximum Gasteiger partial charge on any atom is 0.325 e. The Hall–Kier alpha value is -2.71. The van der Waals surface area contributed by atoms with Gasteiger partial charge >= 0.3 is 6.03 Å². The van der Waals surface area contributed by atoms with Crippen LogP contribution in [0.25, 0.3) is 0 Å². The quantitative estimate of drug-likeness (QED) is 0.803. The molecule has 156 valence electrons. The molecule has 1 atom stereocenters. The van der Waals surface area contributed by atoms with Gasteiger partial charge in [-0.3, -0.25) is 19.9 Å². The van der Waals surface area contributed by atoms with E-state index in [1.807, 2.05) is 52.0 Å². The molecule has 1 fully saturated rings. The van der Waals surface area contributed by atoms with Gasteiger partial charge in [0.25, 0.3) is 0 Å². The Kier molecular flexibility index (Phi) is 6.66. The molecule has 1 aromatic carbocycles. The summed E-state index contributed by atoms with van der Waals surface area (Å²) in [6, 6.07) is 6.81. The van der Waals surface area contributed by atoms with Gasteiger partial charge in [0.05, 0.1) is 11.7 Å². The number of hydrogen-bond acceptors (Lipinski definition) is 6. The zero-order valence-corrected chi connectivity index (χ0v) is 17.5.